The van der Waals surface area contributed by atoms with Gasteiger partial charge in [-0.25, -0.2) is 4.79 Å². The van der Waals surface area contributed by atoms with Crippen LogP contribution in [0.15, 0.2) is 79.0 Å². The smallest absolute Gasteiger partial charge is 0.323 e. The van der Waals surface area contributed by atoms with Crippen molar-refractivity contribution in [1.82, 2.24) is 4.98 Å². The summed E-state index contributed by atoms with van der Waals surface area (Å²) in [4.78, 5) is 33.6. The highest BCUT2D eigenvalue weighted by molar-refractivity contribution is 6.09. The van der Waals surface area contributed by atoms with Crippen LogP contribution < -0.4 is 20.4 Å². The molecule has 3 amide bonds. The molecule has 7 nitrogen and oxygen atoms in total. The molecule has 0 spiro atoms. The van der Waals surface area contributed by atoms with Gasteiger partial charge >= 0.3 is 6.03 Å². The Morgan fingerprint density at radius 3 is 2.56 bits per heavy atom. The quantitative estimate of drug-likeness (QED) is 0.350. The molecule has 0 atom stereocenters. The Labute approximate surface area is 210 Å². The fourth-order valence-corrected chi connectivity index (χ4v) is 5.36. The molecule has 182 valence electrons. The van der Waals surface area contributed by atoms with Gasteiger partial charge in [-0.3, -0.25) is 4.79 Å². The van der Waals surface area contributed by atoms with E-state index >= 15 is 0 Å². The van der Waals surface area contributed by atoms with Crippen LogP contribution in [0.5, 0.6) is 0 Å². The third-order valence-electron chi connectivity index (χ3n) is 7.36. The lowest BCUT2D eigenvalue weighted by atomic mass is 9.86. The molecule has 3 N–H and O–H groups in total. The van der Waals surface area contributed by atoms with Crippen LogP contribution in [0.3, 0.4) is 0 Å². The minimum Gasteiger partial charge on any atom is -0.371 e. The fourth-order valence-electron chi connectivity index (χ4n) is 5.36. The van der Waals surface area contributed by atoms with Gasteiger partial charge in [0.25, 0.3) is 0 Å². The van der Waals surface area contributed by atoms with Crippen molar-refractivity contribution in [3.8, 4) is 0 Å². The van der Waals surface area contributed by atoms with Crippen LogP contribution in [0.25, 0.3) is 10.9 Å². The number of aromatic nitrogens is 1. The first-order valence-electron chi connectivity index (χ1n) is 12.3. The molecule has 0 aliphatic carbocycles. The van der Waals surface area contributed by atoms with Crippen LogP contribution in [0, 0.1) is 5.92 Å². The topological polar surface area (TPSA) is 80.5 Å². The van der Waals surface area contributed by atoms with Crippen molar-refractivity contribution in [2.45, 2.75) is 19.3 Å². The monoisotopic (exact) mass is 479 g/mol. The third-order valence-corrected chi connectivity index (χ3v) is 7.36. The summed E-state index contributed by atoms with van der Waals surface area (Å²) in [7, 11) is 0. The summed E-state index contributed by atoms with van der Waals surface area (Å²) < 4.78 is 0. The molecular formula is C29H29N5O2. The number of aromatic amines is 1. The molecule has 1 aromatic heterocycles. The SMILES string of the molecule is CC1(C)C(=O)N(CC2CN(c3ccccc3)C2)c2cc(NC(=O)Nc3c[nH]c4ccccc34)ccc21. The molecule has 2 aliphatic heterocycles. The van der Waals surface area contributed by atoms with Crippen molar-refractivity contribution in [3.63, 3.8) is 0 Å². The first-order chi connectivity index (χ1) is 17.4. The highest BCUT2D eigenvalue weighted by Crippen LogP contribution is 2.43. The standard InChI is InChI=1S/C29H29N5O2/c1-29(2)23-13-12-20(31-28(36)32-25-15-30-24-11-7-6-10-22(24)25)14-26(23)34(27(29)35)18-19-16-33(17-19)21-8-4-3-5-9-21/h3-15,19,30H,16-18H2,1-2H3,(H2,31,32,36). The van der Waals surface area contributed by atoms with E-state index < -0.39 is 5.41 Å². The molecule has 3 aromatic carbocycles. The van der Waals surface area contributed by atoms with E-state index in [9.17, 15) is 9.59 Å². The first-order valence-corrected chi connectivity index (χ1v) is 12.3. The van der Waals surface area contributed by atoms with Crippen molar-refractivity contribution in [1.29, 1.82) is 0 Å². The lowest BCUT2D eigenvalue weighted by molar-refractivity contribution is -0.122. The van der Waals surface area contributed by atoms with Crippen molar-refractivity contribution >= 4 is 45.6 Å². The minimum atomic E-state index is -0.594. The summed E-state index contributed by atoms with van der Waals surface area (Å²) in [6, 6.07) is 23.6. The van der Waals surface area contributed by atoms with E-state index in [2.05, 4.69) is 44.8 Å². The lowest BCUT2D eigenvalue weighted by Crippen LogP contribution is -2.53. The largest absolute Gasteiger partial charge is 0.371 e. The molecule has 6 rings (SSSR count). The van der Waals surface area contributed by atoms with Crippen LogP contribution in [0.1, 0.15) is 19.4 Å². The van der Waals surface area contributed by atoms with Crippen LogP contribution in [-0.2, 0) is 10.2 Å². The van der Waals surface area contributed by atoms with Gasteiger partial charge in [-0.15, -0.1) is 0 Å². The molecule has 0 unspecified atom stereocenters. The highest BCUT2D eigenvalue weighted by Gasteiger charge is 2.45. The van der Waals surface area contributed by atoms with E-state index in [1.165, 1.54) is 5.69 Å². The Kier molecular flexibility index (Phi) is 5.21. The van der Waals surface area contributed by atoms with Crippen molar-refractivity contribution in [2.75, 3.05) is 40.1 Å². The number of anilines is 4. The molecule has 0 bridgehead atoms. The number of carbonyl (C=O) groups excluding carboxylic acids is 2. The molecule has 0 saturated carbocycles. The predicted octanol–water partition coefficient (Wildman–Crippen LogP) is 5.57. The Balaban J connectivity index is 1.17. The van der Waals surface area contributed by atoms with Gasteiger partial charge in [0.1, 0.15) is 0 Å². The molecule has 36 heavy (non-hydrogen) atoms. The lowest BCUT2D eigenvalue weighted by Gasteiger charge is -2.42. The number of hydrogen-bond acceptors (Lipinski definition) is 3. The number of benzene rings is 3. The molecule has 1 saturated heterocycles. The maximum Gasteiger partial charge on any atom is 0.323 e. The number of carbonyl (C=O) groups is 2. The molecular weight excluding hydrogens is 450 g/mol. The van der Waals surface area contributed by atoms with Gasteiger partial charge < -0.3 is 25.4 Å². The van der Waals surface area contributed by atoms with E-state index in [1.54, 1.807) is 6.20 Å². The number of amides is 3. The number of nitrogens with zero attached hydrogens (tertiary/aromatic N) is 2. The Bertz CT molecular complexity index is 1450. The Morgan fingerprint density at radius 2 is 1.75 bits per heavy atom. The van der Waals surface area contributed by atoms with Gasteiger partial charge in [-0.1, -0.05) is 42.5 Å². The zero-order chi connectivity index (χ0) is 24.9. The summed E-state index contributed by atoms with van der Waals surface area (Å²) >= 11 is 0. The number of hydrogen-bond donors (Lipinski definition) is 3. The second-order valence-corrected chi connectivity index (χ2v) is 10.2. The minimum absolute atomic E-state index is 0.107. The number of urea groups is 1. The number of nitrogens with one attached hydrogen (secondary N) is 3. The summed E-state index contributed by atoms with van der Waals surface area (Å²) in [6.45, 7) is 6.47. The van der Waals surface area contributed by atoms with Gasteiger partial charge in [-0.05, 0) is 49.7 Å². The van der Waals surface area contributed by atoms with Crippen LogP contribution in [0.4, 0.5) is 27.5 Å². The van der Waals surface area contributed by atoms with E-state index in [0.29, 0.717) is 18.2 Å². The number of para-hydroxylation sites is 2. The summed E-state index contributed by atoms with van der Waals surface area (Å²) in [5.41, 5.74) is 4.83. The molecule has 4 aromatic rings. The van der Waals surface area contributed by atoms with Crippen molar-refractivity contribution in [2.24, 2.45) is 5.92 Å². The normalized spacial score (nSPS) is 16.7. The maximum absolute atomic E-state index is 13.4. The van der Waals surface area contributed by atoms with Gasteiger partial charge in [0, 0.05) is 59.7 Å². The van der Waals surface area contributed by atoms with Crippen LogP contribution in [-0.4, -0.2) is 36.6 Å². The van der Waals surface area contributed by atoms with Gasteiger partial charge in [0.05, 0.1) is 11.1 Å². The van der Waals surface area contributed by atoms with Gasteiger partial charge in [0.2, 0.25) is 5.91 Å². The summed E-state index contributed by atoms with van der Waals surface area (Å²) in [5, 5.41) is 6.81. The second kappa shape index (κ2) is 8.45. The van der Waals surface area contributed by atoms with Crippen molar-refractivity contribution < 1.29 is 9.59 Å². The fraction of sp³-hybridized carbons (Fsp3) is 0.241. The first kappa shape index (κ1) is 22.2. The summed E-state index contributed by atoms with van der Waals surface area (Å²) in [6.07, 6.45) is 1.78. The average molecular weight is 480 g/mol. The van der Waals surface area contributed by atoms with Gasteiger partial charge in [0.15, 0.2) is 0 Å². The molecule has 7 heteroatoms. The van der Waals surface area contributed by atoms with E-state index in [1.807, 2.05) is 67.3 Å². The predicted molar refractivity (Wildman–Crippen MR) is 145 cm³/mol. The third kappa shape index (κ3) is 3.77. The molecule has 0 radical (unpaired) electrons. The number of fused-ring (bicyclic) bond motifs is 2. The number of H-pyrrole nitrogens is 1. The van der Waals surface area contributed by atoms with Gasteiger partial charge in [-0.2, -0.15) is 0 Å². The van der Waals surface area contributed by atoms with E-state index in [4.69, 9.17) is 0 Å². The van der Waals surface area contributed by atoms with E-state index in [0.717, 1.165) is 40.9 Å². The second-order valence-electron chi connectivity index (χ2n) is 10.2. The van der Waals surface area contributed by atoms with Crippen LogP contribution >= 0.6 is 0 Å². The highest BCUT2D eigenvalue weighted by atomic mass is 16.2. The van der Waals surface area contributed by atoms with E-state index in [-0.39, 0.29) is 11.9 Å². The molecule has 3 heterocycles. The zero-order valence-electron chi connectivity index (χ0n) is 20.4. The van der Waals surface area contributed by atoms with Crippen LogP contribution in [0.2, 0.25) is 0 Å². The average Bonchev–Trinajstić information content (AvgIpc) is 3.33. The molecule has 2 aliphatic rings. The maximum atomic E-state index is 13.4. The Hall–Kier alpha value is -4.26. The zero-order valence-corrected chi connectivity index (χ0v) is 20.4. The Morgan fingerprint density at radius 1 is 1.00 bits per heavy atom. The number of rotatable bonds is 5. The summed E-state index contributed by atoms with van der Waals surface area (Å²) in [5.74, 6) is 0.508. The molecule has 1 fully saturated rings. The van der Waals surface area contributed by atoms with Crippen molar-refractivity contribution in [3.05, 3.63) is 84.6 Å².